The van der Waals surface area contributed by atoms with Crippen molar-refractivity contribution in [2.24, 2.45) is 0 Å². The molecule has 0 bridgehead atoms. The number of rotatable bonds is 5. The van der Waals surface area contributed by atoms with Gasteiger partial charge in [0.15, 0.2) is 0 Å². The topological polar surface area (TPSA) is 106 Å². The lowest BCUT2D eigenvalue weighted by Crippen LogP contribution is -2.13. The maximum Gasteiger partial charge on any atom is 0.257 e. The molecule has 0 saturated heterocycles. The Morgan fingerprint density at radius 1 is 1.18 bits per heavy atom. The summed E-state index contributed by atoms with van der Waals surface area (Å²) in [7, 11) is -3.80. The van der Waals surface area contributed by atoms with E-state index in [0.29, 0.717) is 16.9 Å². The monoisotopic (exact) mass is 339 g/mol. The van der Waals surface area contributed by atoms with Crippen LogP contribution >= 0.6 is 11.3 Å². The number of nitrogens with zero attached hydrogens (tertiary/aromatic N) is 2. The standard InChI is InChI=1S/C13H13N3O4S2/c1-8-3-5-10(6-4-8)11(18)14-12-15-16-13(21-12)22(19,20)7-9(2)17/h3-6H,7H2,1-2H3,(H,14,15,18). The normalized spacial score (nSPS) is 11.2. The molecular weight excluding hydrogens is 326 g/mol. The smallest absolute Gasteiger partial charge is 0.257 e. The number of Topliss-reactive ketones (excluding diaryl/α,β-unsaturated/α-hetero) is 1. The Morgan fingerprint density at radius 3 is 2.41 bits per heavy atom. The molecule has 0 atom stereocenters. The van der Waals surface area contributed by atoms with Crippen molar-refractivity contribution in [3.8, 4) is 0 Å². The molecule has 2 rings (SSSR count). The van der Waals surface area contributed by atoms with Gasteiger partial charge in [-0.1, -0.05) is 29.0 Å². The highest BCUT2D eigenvalue weighted by Crippen LogP contribution is 2.21. The van der Waals surface area contributed by atoms with E-state index in [1.807, 2.05) is 6.92 Å². The van der Waals surface area contributed by atoms with Gasteiger partial charge in [0.05, 0.1) is 0 Å². The molecule has 9 heteroatoms. The Morgan fingerprint density at radius 2 is 1.82 bits per heavy atom. The highest BCUT2D eigenvalue weighted by atomic mass is 32.2. The van der Waals surface area contributed by atoms with Crippen molar-refractivity contribution in [1.29, 1.82) is 0 Å². The third kappa shape index (κ3) is 3.95. The molecule has 0 spiro atoms. The van der Waals surface area contributed by atoms with Gasteiger partial charge in [0.25, 0.3) is 5.91 Å². The summed E-state index contributed by atoms with van der Waals surface area (Å²) in [5, 5.41) is 9.68. The molecule has 1 heterocycles. The number of amides is 1. The first-order valence-corrected chi connectivity index (χ1v) is 8.68. The molecule has 1 amide bonds. The van der Waals surface area contributed by atoms with Crippen LogP contribution in [0, 0.1) is 6.92 Å². The molecule has 0 saturated carbocycles. The van der Waals surface area contributed by atoms with E-state index >= 15 is 0 Å². The number of carbonyl (C=O) groups excluding carboxylic acids is 2. The predicted molar refractivity (Wildman–Crippen MR) is 81.8 cm³/mol. The van der Waals surface area contributed by atoms with Crippen LogP contribution in [0.25, 0.3) is 0 Å². The molecule has 0 aliphatic carbocycles. The second kappa shape index (κ2) is 6.32. The van der Waals surface area contributed by atoms with Crippen molar-refractivity contribution >= 4 is 38.0 Å². The molecule has 22 heavy (non-hydrogen) atoms. The Bertz CT molecular complexity index is 810. The van der Waals surface area contributed by atoms with E-state index < -0.39 is 27.3 Å². The van der Waals surface area contributed by atoms with Gasteiger partial charge in [0.1, 0.15) is 11.5 Å². The van der Waals surface area contributed by atoms with Gasteiger partial charge in [-0.2, -0.15) is 0 Å². The van der Waals surface area contributed by atoms with Gasteiger partial charge in [-0.25, -0.2) is 8.42 Å². The third-order valence-corrected chi connectivity index (χ3v) is 5.65. The number of hydrogen-bond acceptors (Lipinski definition) is 7. The molecule has 0 aliphatic heterocycles. The summed E-state index contributed by atoms with van der Waals surface area (Å²) in [5.41, 5.74) is 1.44. The Kier molecular flexibility index (Phi) is 4.67. The first-order valence-electron chi connectivity index (χ1n) is 6.21. The van der Waals surface area contributed by atoms with E-state index in [0.717, 1.165) is 5.56 Å². The first kappa shape index (κ1) is 16.2. The zero-order chi connectivity index (χ0) is 16.3. The fraction of sp³-hybridized carbons (Fsp3) is 0.231. The van der Waals surface area contributed by atoms with Crippen molar-refractivity contribution in [3.05, 3.63) is 35.4 Å². The van der Waals surface area contributed by atoms with Crippen molar-refractivity contribution < 1.29 is 18.0 Å². The molecule has 2 aromatic rings. The lowest BCUT2D eigenvalue weighted by atomic mass is 10.1. The molecule has 0 aliphatic rings. The molecular formula is C13H13N3O4S2. The van der Waals surface area contributed by atoms with Crippen molar-refractivity contribution in [1.82, 2.24) is 10.2 Å². The summed E-state index contributed by atoms with van der Waals surface area (Å²) < 4.78 is 23.4. The van der Waals surface area contributed by atoms with Crippen LogP contribution in [0.15, 0.2) is 28.6 Å². The van der Waals surface area contributed by atoms with E-state index in [1.165, 1.54) is 6.92 Å². The first-order chi connectivity index (χ1) is 10.3. The van der Waals surface area contributed by atoms with Crippen LogP contribution in [-0.4, -0.2) is 36.1 Å². The zero-order valence-electron chi connectivity index (χ0n) is 11.9. The average molecular weight is 339 g/mol. The van der Waals surface area contributed by atoms with Gasteiger partial charge in [-0.05, 0) is 26.0 Å². The Labute approximate surface area is 131 Å². The summed E-state index contributed by atoms with van der Waals surface area (Å²) in [5.74, 6) is -1.53. The number of aryl methyl sites for hydroxylation is 1. The zero-order valence-corrected chi connectivity index (χ0v) is 13.5. The molecule has 1 aromatic heterocycles. The number of anilines is 1. The molecule has 0 fully saturated rings. The highest BCUT2D eigenvalue weighted by Gasteiger charge is 2.22. The van der Waals surface area contributed by atoms with E-state index in [9.17, 15) is 18.0 Å². The van der Waals surface area contributed by atoms with Crippen LogP contribution in [0.3, 0.4) is 0 Å². The molecule has 0 radical (unpaired) electrons. The summed E-state index contributed by atoms with van der Waals surface area (Å²) >= 11 is 0.714. The van der Waals surface area contributed by atoms with Gasteiger partial charge >= 0.3 is 0 Å². The number of ketones is 1. The van der Waals surface area contributed by atoms with E-state index in [4.69, 9.17) is 0 Å². The number of nitrogens with one attached hydrogen (secondary N) is 1. The lowest BCUT2D eigenvalue weighted by molar-refractivity contribution is -0.114. The summed E-state index contributed by atoms with van der Waals surface area (Å²) in [6.07, 6.45) is 0. The number of carbonyl (C=O) groups is 2. The second-order valence-electron chi connectivity index (χ2n) is 4.65. The second-order valence-corrected chi connectivity index (χ2v) is 7.80. The maximum atomic E-state index is 12.0. The summed E-state index contributed by atoms with van der Waals surface area (Å²) in [6.45, 7) is 3.08. The third-order valence-electron chi connectivity index (χ3n) is 2.60. The van der Waals surface area contributed by atoms with E-state index in [1.54, 1.807) is 24.3 Å². The molecule has 7 nitrogen and oxygen atoms in total. The predicted octanol–water partition coefficient (Wildman–Crippen LogP) is 1.46. The van der Waals surface area contributed by atoms with Crippen LogP contribution in [-0.2, 0) is 14.6 Å². The van der Waals surface area contributed by atoms with Gasteiger partial charge in [0.2, 0.25) is 19.3 Å². The Hall–Kier alpha value is -2.13. The number of sulfone groups is 1. The minimum Gasteiger partial charge on any atom is -0.299 e. The van der Waals surface area contributed by atoms with Gasteiger partial charge in [-0.3, -0.25) is 14.9 Å². The fourth-order valence-corrected chi connectivity index (χ4v) is 3.81. The molecule has 1 N–H and O–H groups in total. The lowest BCUT2D eigenvalue weighted by Gasteiger charge is -2.01. The summed E-state index contributed by atoms with van der Waals surface area (Å²) in [4.78, 5) is 22.9. The van der Waals surface area contributed by atoms with E-state index in [2.05, 4.69) is 15.5 Å². The van der Waals surface area contributed by atoms with Crippen molar-refractivity contribution in [2.45, 2.75) is 18.2 Å². The van der Waals surface area contributed by atoms with Gasteiger partial charge < -0.3 is 0 Å². The fourth-order valence-electron chi connectivity index (χ4n) is 1.59. The van der Waals surface area contributed by atoms with E-state index in [-0.39, 0.29) is 9.47 Å². The maximum absolute atomic E-state index is 12.0. The van der Waals surface area contributed by atoms with Crippen LogP contribution in [0.5, 0.6) is 0 Å². The molecule has 116 valence electrons. The van der Waals surface area contributed by atoms with Crippen LogP contribution in [0.1, 0.15) is 22.8 Å². The van der Waals surface area contributed by atoms with Crippen molar-refractivity contribution in [3.63, 3.8) is 0 Å². The quantitative estimate of drug-likeness (QED) is 0.827. The average Bonchev–Trinajstić information content (AvgIpc) is 2.87. The minimum absolute atomic E-state index is 0.0627. The van der Waals surface area contributed by atoms with Crippen LogP contribution < -0.4 is 5.32 Å². The van der Waals surface area contributed by atoms with Gasteiger partial charge in [-0.15, -0.1) is 10.2 Å². The highest BCUT2D eigenvalue weighted by molar-refractivity contribution is 7.94. The minimum atomic E-state index is -3.80. The van der Waals surface area contributed by atoms with Crippen molar-refractivity contribution in [2.75, 3.05) is 11.1 Å². The SMILES string of the molecule is CC(=O)CS(=O)(=O)c1nnc(NC(=O)c2ccc(C)cc2)s1. The largest absolute Gasteiger partial charge is 0.299 e. The number of aromatic nitrogens is 2. The molecule has 0 unspecified atom stereocenters. The van der Waals surface area contributed by atoms with Crippen LogP contribution in [0.4, 0.5) is 5.13 Å². The Balaban J connectivity index is 2.14. The molecule has 1 aromatic carbocycles. The number of benzene rings is 1. The summed E-state index contributed by atoms with van der Waals surface area (Å²) in [6, 6.07) is 6.88. The van der Waals surface area contributed by atoms with Gasteiger partial charge in [0, 0.05) is 5.56 Å². The number of hydrogen-bond donors (Lipinski definition) is 1. The van der Waals surface area contributed by atoms with Crippen LogP contribution in [0.2, 0.25) is 0 Å².